The Morgan fingerprint density at radius 1 is 1.73 bits per heavy atom. The number of aryl methyl sites for hydroxylation is 1. The molecule has 1 aromatic rings. The third-order valence-electron chi connectivity index (χ3n) is 1.27. The quantitative estimate of drug-likeness (QED) is 0.595. The Bertz CT molecular complexity index is 278. The van der Waals surface area contributed by atoms with Crippen molar-refractivity contribution in [3.05, 3.63) is 17.5 Å². The second-order valence-electron chi connectivity index (χ2n) is 2.07. The molecule has 0 fully saturated rings. The molecule has 1 heterocycles. The fourth-order valence-electron chi connectivity index (χ4n) is 0.779. The number of aromatic nitrogens is 2. The molecule has 0 amide bonds. The zero-order valence-electron chi connectivity index (χ0n) is 5.90. The molecular weight excluding hydrogens is 146 g/mol. The van der Waals surface area contributed by atoms with E-state index in [9.17, 15) is 4.79 Å². The average Bonchev–Trinajstić information content (AvgIpc) is 1.85. The van der Waals surface area contributed by atoms with Gasteiger partial charge in [-0.05, 0) is 6.92 Å². The second kappa shape index (κ2) is 2.53. The number of aromatic carboxylic acids is 1. The number of anilines is 1. The van der Waals surface area contributed by atoms with E-state index in [4.69, 9.17) is 10.8 Å². The van der Waals surface area contributed by atoms with Crippen LogP contribution in [0.5, 0.6) is 0 Å². The van der Waals surface area contributed by atoms with Gasteiger partial charge in [0.25, 0.3) is 0 Å². The van der Waals surface area contributed by atoms with Crippen LogP contribution in [-0.2, 0) is 0 Å². The third-order valence-corrected chi connectivity index (χ3v) is 1.27. The molecule has 58 valence electrons. The van der Waals surface area contributed by atoms with Crippen LogP contribution in [0.15, 0.2) is 6.20 Å². The highest BCUT2D eigenvalue weighted by atomic mass is 16.4. The van der Waals surface area contributed by atoms with Crippen LogP contribution in [0.2, 0.25) is 0 Å². The topological polar surface area (TPSA) is 89.1 Å². The Morgan fingerprint density at radius 2 is 2.36 bits per heavy atom. The summed E-state index contributed by atoms with van der Waals surface area (Å²) in [5.74, 6) is -1.07. The summed E-state index contributed by atoms with van der Waals surface area (Å²) in [6.07, 6.45) is 1.22. The molecule has 0 radical (unpaired) electrons. The van der Waals surface area contributed by atoms with Crippen LogP contribution in [0.1, 0.15) is 16.1 Å². The minimum absolute atomic E-state index is 0.0278. The maximum absolute atomic E-state index is 10.5. The van der Waals surface area contributed by atoms with Crippen molar-refractivity contribution in [2.45, 2.75) is 6.92 Å². The maximum Gasteiger partial charge on any atom is 0.339 e. The zero-order valence-corrected chi connectivity index (χ0v) is 5.90. The molecule has 0 atom stereocenters. The van der Waals surface area contributed by atoms with Crippen molar-refractivity contribution in [1.29, 1.82) is 0 Å². The zero-order chi connectivity index (χ0) is 8.43. The Balaban J connectivity index is 3.32. The van der Waals surface area contributed by atoms with Gasteiger partial charge < -0.3 is 10.8 Å². The molecular formula is C6H7N3O2. The summed E-state index contributed by atoms with van der Waals surface area (Å²) in [7, 11) is 0. The summed E-state index contributed by atoms with van der Waals surface area (Å²) in [6, 6.07) is 0. The van der Waals surface area contributed by atoms with E-state index < -0.39 is 5.97 Å². The van der Waals surface area contributed by atoms with Gasteiger partial charge in [-0.3, -0.25) is 0 Å². The van der Waals surface area contributed by atoms with E-state index in [1.807, 2.05) is 0 Å². The number of nitrogen functional groups attached to an aromatic ring is 1. The van der Waals surface area contributed by atoms with Gasteiger partial charge in [0.05, 0.1) is 17.6 Å². The van der Waals surface area contributed by atoms with Crippen LogP contribution in [-0.4, -0.2) is 21.3 Å². The van der Waals surface area contributed by atoms with Crippen LogP contribution >= 0.6 is 0 Å². The van der Waals surface area contributed by atoms with Crippen LogP contribution in [0.3, 0.4) is 0 Å². The van der Waals surface area contributed by atoms with Gasteiger partial charge in [-0.2, -0.15) is 10.2 Å². The highest BCUT2D eigenvalue weighted by Gasteiger charge is 2.11. The predicted octanol–water partition coefficient (Wildman–Crippen LogP) is 0.0654. The maximum atomic E-state index is 10.5. The van der Waals surface area contributed by atoms with E-state index in [0.29, 0.717) is 5.69 Å². The Hall–Kier alpha value is -1.65. The van der Waals surface area contributed by atoms with E-state index >= 15 is 0 Å². The number of carboxylic acid groups (broad SMARTS) is 1. The van der Waals surface area contributed by atoms with Crippen LogP contribution in [0, 0.1) is 6.92 Å². The summed E-state index contributed by atoms with van der Waals surface area (Å²) in [6.45, 7) is 1.55. The van der Waals surface area contributed by atoms with Crippen LogP contribution in [0.4, 0.5) is 5.69 Å². The molecule has 3 N–H and O–H groups in total. The van der Waals surface area contributed by atoms with Crippen molar-refractivity contribution in [2.75, 3.05) is 5.73 Å². The van der Waals surface area contributed by atoms with Crippen molar-refractivity contribution in [1.82, 2.24) is 10.2 Å². The standard InChI is InChI=1S/C6H7N3O2/c1-3-5(6(10)11)4(7)2-8-9-3/h2H,1H3,(H2,7,9)(H,10,11). The van der Waals surface area contributed by atoms with Crippen molar-refractivity contribution < 1.29 is 9.90 Å². The average molecular weight is 153 g/mol. The minimum Gasteiger partial charge on any atom is -0.478 e. The minimum atomic E-state index is -1.07. The summed E-state index contributed by atoms with van der Waals surface area (Å²) in [5.41, 5.74) is 5.84. The third kappa shape index (κ3) is 1.26. The van der Waals surface area contributed by atoms with Gasteiger partial charge in [-0.25, -0.2) is 4.79 Å². The Labute approximate surface area is 62.9 Å². The van der Waals surface area contributed by atoms with Crippen molar-refractivity contribution in [3.63, 3.8) is 0 Å². The molecule has 0 saturated carbocycles. The smallest absolute Gasteiger partial charge is 0.339 e. The Morgan fingerprint density at radius 3 is 2.73 bits per heavy atom. The summed E-state index contributed by atoms with van der Waals surface area (Å²) < 4.78 is 0. The predicted molar refractivity (Wildman–Crippen MR) is 38.1 cm³/mol. The first-order valence-electron chi connectivity index (χ1n) is 2.94. The first kappa shape index (κ1) is 7.46. The lowest BCUT2D eigenvalue weighted by Crippen LogP contribution is -2.07. The molecule has 0 spiro atoms. The molecule has 0 aliphatic carbocycles. The molecule has 5 nitrogen and oxygen atoms in total. The first-order valence-corrected chi connectivity index (χ1v) is 2.94. The molecule has 0 saturated heterocycles. The number of carboxylic acids is 1. The lowest BCUT2D eigenvalue weighted by molar-refractivity contribution is 0.0696. The van der Waals surface area contributed by atoms with E-state index in [2.05, 4.69) is 10.2 Å². The van der Waals surface area contributed by atoms with E-state index in [1.165, 1.54) is 6.20 Å². The summed E-state index contributed by atoms with van der Waals surface area (Å²) in [4.78, 5) is 10.5. The summed E-state index contributed by atoms with van der Waals surface area (Å²) in [5, 5.41) is 15.6. The van der Waals surface area contributed by atoms with E-state index in [1.54, 1.807) is 6.92 Å². The number of carbonyl (C=O) groups is 1. The first-order chi connectivity index (χ1) is 5.13. The number of hydrogen-bond donors (Lipinski definition) is 2. The summed E-state index contributed by atoms with van der Waals surface area (Å²) >= 11 is 0. The van der Waals surface area contributed by atoms with Gasteiger partial charge in [0.1, 0.15) is 5.56 Å². The van der Waals surface area contributed by atoms with Crippen molar-refractivity contribution >= 4 is 11.7 Å². The molecule has 0 aliphatic rings. The van der Waals surface area contributed by atoms with Gasteiger partial charge in [0.15, 0.2) is 0 Å². The number of hydrogen-bond acceptors (Lipinski definition) is 4. The number of rotatable bonds is 1. The van der Waals surface area contributed by atoms with E-state index in [-0.39, 0.29) is 11.3 Å². The molecule has 1 rings (SSSR count). The van der Waals surface area contributed by atoms with Crippen LogP contribution in [0.25, 0.3) is 0 Å². The van der Waals surface area contributed by atoms with Gasteiger partial charge in [-0.1, -0.05) is 0 Å². The molecule has 0 aliphatic heterocycles. The Kier molecular flexibility index (Phi) is 1.72. The number of nitrogens with two attached hydrogens (primary N) is 1. The second-order valence-corrected chi connectivity index (χ2v) is 2.07. The van der Waals surface area contributed by atoms with Crippen molar-refractivity contribution in [3.8, 4) is 0 Å². The lowest BCUT2D eigenvalue weighted by Gasteiger charge is -2.00. The molecule has 1 aromatic heterocycles. The highest BCUT2D eigenvalue weighted by molar-refractivity contribution is 5.94. The van der Waals surface area contributed by atoms with Gasteiger partial charge in [0.2, 0.25) is 0 Å². The fraction of sp³-hybridized carbons (Fsp3) is 0.167. The normalized spacial score (nSPS) is 9.55. The molecule has 11 heavy (non-hydrogen) atoms. The van der Waals surface area contributed by atoms with Gasteiger partial charge >= 0.3 is 5.97 Å². The number of nitrogens with zero attached hydrogens (tertiary/aromatic N) is 2. The van der Waals surface area contributed by atoms with Crippen molar-refractivity contribution in [2.24, 2.45) is 0 Å². The van der Waals surface area contributed by atoms with Crippen LogP contribution < -0.4 is 5.73 Å². The lowest BCUT2D eigenvalue weighted by atomic mass is 10.2. The monoisotopic (exact) mass is 153 g/mol. The molecule has 0 aromatic carbocycles. The van der Waals surface area contributed by atoms with Gasteiger partial charge in [-0.15, -0.1) is 0 Å². The van der Waals surface area contributed by atoms with E-state index in [0.717, 1.165) is 0 Å². The SMILES string of the molecule is Cc1nncc(N)c1C(=O)O. The molecule has 0 bridgehead atoms. The largest absolute Gasteiger partial charge is 0.478 e. The fourth-order valence-corrected chi connectivity index (χ4v) is 0.779. The highest BCUT2D eigenvalue weighted by Crippen LogP contribution is 2.11. The molecule has 0 unspecified atom stereocenters. The molecule has 5 heteroatoms. The van der Waals surface area contributed by atoms with Gasteiger partial charge in [0, 0.05) is 0 Å².